The van der Waals surface area contributed by atoms with Crippen LogP contribution in [0.2, 0.25) is 5.04 Å². The van der Waals surface area contributed by atoms with Crippen molar-refractivity contribution in [3.8, 4) is 23.0 Å². The molecule has 0 aliphatic rings. The molecule has 2 heterocycles. The van der Waals surface area contributed by atoms with E-state index in [4.69, 9.17) is 27.8 Å². The number of benzene rings is 4. The van der Waals surface area contributed by atoms with Gasteiger partial charge < -0.3 is 27.8 Å². The number of rotatable bonds is 11. The Bertz CT molecular complexity index is 2240. The van der Waals surface area contributed by atoms with Crippen molar-refractivity contribution in [2.75, 3.05) is 27.4 Å². The standard InChI is InChI=1S/C44H49NO8Si/c1-10-50-41(46)30-26-37(49-9)39-34(23-24-51-54(44(5,6)7,32-17-13-11-14-18-32)33-19-15-12-16-20-33)40(52-38(39)27-30)36-25-29-21-22-31(48-8)28-35(29)45(36)42(47)53-43(2,3)4/h11-22,25-28H,10,23-24H2,1-9H3. The summed E-state index contributed by atoms with van der Waals surface area (Å²) >= 11 is 0. The SMILES string of the molecule is CCOC(=O)c1cc(OC)c2c(CCO[Si](c3ccccc3)(c3ccccc3)C(C)(C)C)c(-c3cc4ccc(OC)cc4n3C(=O)OC(C)(C)C)oc2c1. The average Bonchev–Trinajstić information content (AvgIpc) is 3.70. The molecule has 4 aromatic carbocycles. The van der Waals surface area contributed by atoms with E-state index in [0.717, 1.165) is 21.3 Å². The van der Waals surface area contributed by atoms with Gasteiger partial charge in [-0.3, -0.25) is 0 Å². The van der Waals surface area contributed by atoms with Gasteiger partial charge in [0.1, 0.15) is 22.7 Å². The zero-order valence-electron chi connectivity index (χ0n) is 32.6. The van der Waals surface area contributed by atoms with Crippen LogP contribution in [0, 0.1) is 0 Å². The molecule has 54 heavy (non-hydrogen) atoms. The van der Waals surface area contributed by atoms with E-state index in [-0.39, 0.29) is 17.2 Å². The van der Waals surface area contributed by atoms with Gasteiger partial charge in [-0.1, -0.05) is 81.4 Å². The normalized spacial score (nSPS) is 12.2. The van der Waals surface area contributed by atoms with E-state index in [9.17, 15) is 9.59 Å². The van der Waals surface area contributed by atoms with Crippen LogP contribution in [0.5, 0.6) is 11.5 Å². The second-order valence-corrected chi connectivity index (χ2v) is 19.5. The van der Waals surface area contributed by atoms with Crippen LogP contribution >= 0.6 is 0 Å². The van der Waals surface area contributed by atoms with Crippen molar-refractivity contribution < 1.29 is 37.4 Å². The molecule has 0 saturated heterocycles. The van der Waals surface area contributed by atoms with Crippen molar-refractivity contribution >= 4 is 52.6 Å². The fraction of sp³-hybridized carbons (Fsp3) is 0.318. The lowest BCUT2D eigenvalue weighted by Crippen LogP contribution is -2.66. The molecule has 0 fully saturated rings. The van der Waals surface area contributed by atoms with Crippen LogP contribution in [0.4, 0.5) is 4.79 Å². The monoisotopic (exact) mass is 747 g/mol. The highest BCUT2D eigenvalue weighted by Crippen LogP contribution is 2.43. The first-order valence-electron chi connectivity index (χ1n) is 18.2. The van der Waals surface area contributed by atoms with Crippen LogP contribution in [0.3, 0.4) is 0 Å². The predicted molar refractivity (Wildman–Crippen MR) is 215 cm³/mol. The number of carbonyl (C=O) groups is 2. The van der Waals surface area contributed by atoms with Crippen molar-refractivity contribution in [2.24, 2.45) is 0 Å². The summed E-state index contributed by atoms with van der Waals surface area (Å²) in [6.07, 6.45) is -0.184. The second-order valence-electron chi connectivity index (χ2n) is 15.2. The largest absolute Gasteiger partial charge is 0.497 e. The van der Waals surface area contributed by atoms with Gasteiger partial charge in [-0.15, -0.1) is 0 Å². The molecule has 2 aromatic heterocycles. The number of ether oxygens (including phenoxy) is 4. The average molecular weight is 748 g/mol. The van der Waals surface area contributed by atoms with E-state index in [2.05, 4.69) is 69.3 Å². The molecule has 6 rings (SSSR count). The third-order valence-corrected chi connectivity index (χ3v) is 14.5. The van der Waals surface area contributed by atoms with E-state index < -0.39 is 26.0 Å². The van der Waals surface area contributed by atoms with Crippen LogP contribution in [0.1, 0.15) is 64.4 Å². The number of hydrogen-bond acceptors (Lipinski definition) is 8. The molecular formula is C44H49NO8Si. The molecule has 6 aromatic rings. The number of aromatic nitrogens is 1. The van der Waals surface area contributed by atoms with Gasteiger partial charge in [0, 0.05) is 23.6 Å². The minimum Gasteiger partial charge on any atom is -0.497 e. The summed E-state index contributed by atoms with van der Waals surface area (Å²) in [6, 6.07) is 31.7. The Kier molecular flexibility index (Phi) is 10.8. The molecule has 0 bridgehead atoms. The first-order chi connectivity index (χ1) is 25.7. The molecule has 0 N–H and O–H groups in total. The van der Waals surface area contributed by atoms with Crippen LogP contribution in [0.15, 0.2) is 101 Å². The lowest BCUT2D eigenvalue weighted by molar-refractivity contribution is 0.0522. The minimum atomic E-state index is -2.91. The summed E-state index contributed by atoms with van der Waals surface area (Å²) in [7, 11) is 0.231. The topological polar surface area (TPSA) is 98.4 Å². The van der Waals surface area contributed by atoms with Crippen LogP contribution in [-0.4, -0.2) is 58.0 Å². The van der Waals surface area contributed by atoms with Gasteiger partial charge in [0.05, 0.1) is 43.0 Å². The predicted octanol–water partition coefficient (Wildman–Crippen LogP) is 9.15. The number of carbonyl (C=O) groups excluding carboxylic acids is 2. The van der Waals surface area contributed by atoms with Crippen molar-refractivity contribution in [3.63, 3.8) is 0 Å². The highest BCUT2D eigenvalue weighted by molar-refractivity contribution is 6.99. The van der Waals surface area contributed by atoms with Gasteiger partial charge in [-0.05, 0) is 79.9 Å². The number of fused-ring (bicyclic) bond motifs is 2. The first-order valence-corrected chi connectivity index (χ1v) is 20.1. The molecule has 282 valence electrons. The molecule has 0 atom stereocenters. The van der Waals surface area contributed by atoms with Crippen LogP contribution in [0.25, 0.3) is 33.3 Å². The highest BCUT2D eigenvalue weighted by atomic mass is 28.4. The second kappa shape index (κ2) is 15.2. The van der Waals surface area contributed by atoms with Crippen molar-refractivity contribution in [3.05, 3.63) is 108 Å². The summed E-state index contributed by atoms with van der Waals surface area (Å²) in [5, 5.41) is 3.54. The maximum Gasteiger partial charge on any atom is 0.419 e. The van der Waals surface area contributed by atoms with E-state index in [1.165, 1.54) is 4.57 Å². The molecule has 0 unspecified atom stereocenters. The van der Waals surface area contributed by atoms with Crippen LogP contribution < -0.4 is 19.8 Å². The molecule has 0 aliphatic carbocycles. The van der Waals surface area contributed by atoms with Crippen molar-refractivity contribution in [1.29, 1.82) is 0 Å². The highest BCUT2D eigenvalue weighted by Gasteiger charge is 2.50. The first kappa shape index (κ1) is 38.4. The zero-order chi connectivity index (χ0) is 38.8. The van der Waals surface area contributed by atoms with Gasteiger partial charge in [0.2, 0.25) is 0 Å². The Morgan fingerprint density at radius 1 is 0.796 bits per heavy atom. The zero-order valence-corrected chi connectivity index (χ0v) is 33.6. The lowest BCUT2D eigenvalue weighted by atomic mass is 10.0. The summed E-state index contributed by atoms with van der Waals surface area (Å²) < 4.78 is 38.4. The van der Waals surface area contributed by atoms with Gasteiger partial charge in [-0.2, -0.15) is 0 Å². The molecule has 0 saturated carbocycles. The number of furan rings is 1. The Morgan fingerprint density at radius 2 is 1.44 bits per heavy atom. The fourth-order valence-corrected chi connectivity index (χ4v) is 11.8. The molecule has 0 aliphatic heterocycles. The van der Waals surface area contributed by atoms with E-state index >= 15 is 0 Å². The van der Waals surface area contributed by atoms with Gasteiger partial charge >= 0.3 is 12.1 Å². The van der Waals surface area contributed by atoms with Crippen molar-refractivity contribution in [1.82, 2.24) is 4.57 Å². The quantitative estimate of drug-likeness (QED) is 0.0957. The number of esters is 1. The molecule has 0 amide bonds. The van der Waals surface area contributed by atoms with Gasteiger partial charge in [0.25, 0.3) is 8.32 Å². The van der Waals surface area contributed by atoms with Gasteiger partial charge in [-0.25, -0.2) is 14.2 Å². The third-order valence-electron chi connectivity index (χ3n) is 9.49. The molecule has 0 spiro atoms. The molecule has 9 nitrogen and oxygen atoms in total. The third kappa shape index (κ3) is 7.28. The van der Waals surface area contributed by atoms with Crippen molar-refractivity contribution in [2.45, 2.75) is 65.5 Å². The smallest absolute Gasteiger partial charge is 0.419 e. The van der Waals surface area contributed by atoms with Gasteiger partial charge in [0.15, 0.2) is 5.76 Å². The van der Waals surface area contributed by atoms with Crippen LogP contribution in [-0.2, 0) is 20.3 Å². The summed E-state index contributed by atoms with van der Waals surface area (Å²) in [5.74, 6) is 0.951. The maximum absolute atomic E-state index is 14.1. The Balaban J connectivity index is 1.58. The lowest BCUT2D eigenvalue weighted by Gasteiger charge is -2.43. The Labute approximate surface area is 317 Å². The Morgan fingerprint density at radius 3 is 2.00 bits per heavy atom. The molecular weight excluding hydrogens is 699 g/mol. The van der Waals surface area contributed by atoms with E-state index in [1.54, 1.807) is 39.3 Å². The number of nitrogens with zero attached hydrogens (tertiary/aromatic N) is 1. The summed E-state index contributed by atoms with van der Waals surface area (Å²) in [5.41, 5.74) is 1.74. The van der Waals surface area contributed by atoms with E-state index in [1.807, 2.05) is 51.1 Å². The van der Waals surface area contributed by atoms with E-state index in [0.29, 0.717) is 52.5 Å². The molecule has 10 heteroatoms. The summed E-state index contributed by atoms with van der Waals surface area (Å²) in [4.78, 5) is 27.1. The summed E-state index contributed by atoms with van der Waals surface area (Å²) in [6.45, 7) is 14.5. The fourth-order valence-electron chi connectivity index (χ4n) is 7.24. The number of hydrogen-bond donors (Lipinski definition) is 0. The maximum atomic E-state index is 14.1. The number of methoxy groups -OCH3 is 2. The molecule has 0 radical (unpaired) electrons. The Hall–Kier alpha value is -5.32. The minimum absolute atomic E-state index is 0.215.